The van der Waals surface area contributed by atoms with Crippen molar-refractivity contribution in [1.82, 2.24) is 0 Å². The first-order valence-electron chi connectivity index (χ1n) is 12.0. The van der Waals surface area contributed by atoms with Crippen molar-refractivity contribution >= 4 is 45.2 Å². The van der Waals surface area contributed by atoms with Crippen LogP contribution in [-0.4, -0.2) is 28.5 Å². The molecule has 0 heterocycles. The van der Waals surface area contributed by atoms with Crippen molar-refractivity contribution in [3.05, 3.63) is 45.6 Å². The van der Waals surface area contributed by atoms with Crippen LogP contribution < -0.4 is 0 Å². The lowest BCUT2D eigenvalue weighted by Crippen LogP contribution is -2.16. The zero-order chi connectivity index (χ0) is 22.6. The summed E-state index contributed by atoms with van der Waals surface area (Å²) in [5, 5.41) is 10.2. The summed E-state index contributed by atoms with van der Waals surface area (Å²) in [4.78, 5) is 0. The average molecular weight is 656 g/mol. The molecule has 5 heteroatoms. The smallest absolute Gasteiger partial charge is 0.147 e. The third-order valence-electron chi connectivity index (χ3n) is 5.41. The van der Waals surface area contributed by atoms with E-state index in [2.05, 4.69) is 64.2 Å². The molecule has 0 aromatic heterocycles. The van der Waals surface area contributed by atoms with Gasteiger partial charge in [-0.1, -0.05) is 111 Å². The lowest BCUT2D eigenvalue weighted by atomic mass is 10.0. The van der Waals surface area contributed by atoms with Crippen LogP contribution >= 0.6 is 45.2 Å². The topological polar surface area (TPSA) is 38.7 Å². The summed E-state index contributed by atoms with van der Waals surface area (Å²) in [5.74, 6) is 0. The van der Waals surface area contributed by atoms with E-state index < -0.39 is 0 Å². The molecule has 0 fully saturated rings. The Kier molecular flexibility index (Phi) is 19.8. The third-order valence-corrected chi connectivity index (χ3v) is 8.43. The van der Waals surface area contributed by atoms with Crippen LogP contribution in [0.2, 0.25) is 0 Å². The van der Waals surface area contributed by atoms with Gasteiger partial charge in [-0.15, -0.1) is 0 Å². The van der Waals surface area contributed by atoms with Gasteiger partial charge in [0.2, 0.25) is 0 Å². The van der Waals surface area contributed by atoms with Crippen molar-refractivity contribution in [1.29, 1.82) is 0 Å². The van der Waals surface area contributed by atoms with Gasteiger partial charge in [-0.25, -0.2) is 0 Å². The second kappa shape index (κ2) is 20.9. The van der Waals surface area contributed by atoms with E-state index in [1.54, 1.807) is 0 Å². The molecule has 0 saturated carbocycles. The number of hydrogen-bond donors (Lipinski definition) is 1. The summed E-state index contributed by atoms with van der Waals surface area (Å²) in [6.07, 6.45) is 16.3. The third kappa shape index (κ3) is 17.4. The van der Waals surface area contributed by atoms with Gasteiger partial charge in [0.25, 0.3) is 0 Å². The molecule has 2 unspecified atom stereocenters. The average Bonchev–Trinajstić information content (AvgIpc) is 2.78. The zero-order valence-corrected chi connectivity index (χ0v) is 23.6. The Bertz CT molecular complexity index is 551. The Morgan fingerprint density at radius 1 is 0.935 bits per heavy atom. The highest BCUT2D eigenvalue weighted by molar-refractivity contribution is 14.1. The Labute approximate surface area is 218 Å². The van der Waals surface area contributed by atoms with E-state index in [1.165, 1.54) is 60.5 Å². The monoisotopic (exact) mass is 656 g/mol. The molecule has 0 radical (unpaired) electrons. The first kappa shape index (κ1) is 29.3. The lowest BCUT2D eigenvalue weighted by Gasteiger charge is -2.19. The summed E-state index contributed by atoms with van der Waals surface area (Å²) in [6, 6.07) is 10.2. The van der Waals surface area contributed by atoms with Crippen LogP contribution in [0.3, 0.4) is 0 Å². The molecular weight excluding hydrogens is 614 g/mol. The van der Waals surface area contributed by atoms with Gasteiger partial charge >= 0.3 is 0 Å². The number of allylic oxidation sites excluding steroid dienone is 1. The standard InChI is InChI=1S/C26H42I2O3/c1-2-3-4-5-6-7-8-12-17-26(18-13-16-25(29)19-24(28)20-27)31-22-30-21-23-14-10-9-11-15-23/h9-11,14-15,19,25-26,29H,2-8,12-13,16-18,20-22H2,1H3/b24-19+. The van der Waals surface area contributed by atoms with E-state index in [-0.39, 0.29) is 12.2 Å². The summed E-state index contributed by atoms with van der Waals surface area (Å²) >= 11 is 4.63. The molecule has 0 amide bonds. The van der Waals surface area contributed by atoms with E-state index in [0.717, 1.165) is 30.1 Å². The predicted molar refractivity (Wildman–Crippen MR) is 149 cm³/mol. The highest BCUT2D eigenvalue weighted by Gasteiger charge is 2.11. The van der Waals surface area contributed by atoms with Gasteiger partial charge in [-0.2, -0.15) is 0 Å². The van der Waals surface area contributed by atoms with Crippen molar-refractivity contribution in [2.75, 3.05) is 11.2 Å². The number of rotatable bonds is 20. The lowest BCUT2D eigenvalue weighted by molar-refractivity contribution is -0.101. The van der Waals surface area contributed by atoms with Gasteiger partial charge in [0.1, 0.15) is 6.79 Å². The number of ether oxygens (including phenoxy) is 2. The van der Waals surface area contributed by atoms with Gasteiger partial charge in [-0.3, -0.25) is 0 Å². The largest absolute Gasteiger partial charge is 0.389 e. The number of unbranched alkanes of at least 4 members (excludes halogenated alkanes) is 7. The van der Waals surface area contributed by atoms with Crippen LogP contribution in [0.15, 0.2) is 40.0 Å². The zero-order valence-electron chi connectivity index (χ0n) is 19.2. The van der Waals surface area contributed by atoms with Crippen LogP contribution in [0, 0.1) is 0 Å². The Morgan fingerprint density at radius 3 is 2.26 bits per heavy atom. The normalized spacial score (nSPS) is 14.0. The van der Waals surface area contributed by atoms with Crippen LogP contribution in [0.5, 0.6) is 0 Å². The first-order valence-corrected chi connectivity index (χ1v) is 14.6. The van der Waals surface area contributed by atoms with Crippen LogP contribution in [0.25, 0.3) is 0 Å². The fourth-order valence-electron chi connectivity index (χ4n) is 3.59. The molecule has 0 spiro atoms. The second-order valence-electron chi connectivity index (χ2n) is 8.25. The van der Waals surface area contributed by atoms with E-state index in [9.17, 15) is 5.11 Å². The first-order chi connectivity index (χ1) is 15.2. The van der Waals surface area contributed by atoms with E-state index in [4.69, 9.17) is 9.47 Å². The van der Waals surface area contributed by atoms with Gasteiger partial charge in [0.15, 0.2) is 0 Å². The minimum absolute atomic E-state index is 0.218. The number of hydrogen-bond acceptors (Lipinski definition) is 3. The maximum atomic E-state index is 10.2. The summed E-state index contributed by atoms with van der Waals surface area (Å²) < 4.78 is 14.0. The predicted octanol–water partition coefficient (Wildman–Crippen LogP) is 8.36. The van der Waals surface area contributed by atoms with Crippen LogP contribution in [0.4, 0.5) is 0 Å². The molecular formula is C26H42I2O3. The fraction of sp³-hybridized carbons (Fsp3) is 0.692. The highest BCUT2D eigenvalue weighted by atomic mass is 127. The summed E-state index contributed by atoms with van der Waals surface area (Å²) in [6.45, 7) is 3.19. The van der Waals surface area contributed by atoms with E-state index >= 15 is 0 Å². The molecule has 0 aliphatic heterocycles. The number of benzene rings is 1. The van der Waals surface area contributed by atoms with E-state index in [1.807, 2.05) is 24.3 Å². The van der Waals surface area contributed by atoms with Gasteiger partial charge in [0, 0.05) is 4.43 Å². The molecule has 0 saturated heterocycles. The van der Waals surface area contributed by atoms with Crippen molar-refractivity contribution in [2.24, 2.45) is 0 Å². The molecule has 0 aliphatic carbocycles. The molecule has 1 N–H and O–H groups in total. The maximum absolute atomic E-state index is 10.2. The molecule has 31 heavy (non-hydrogen) atoms. The van der Waals surface area contributed by atoms with Crippen LogP contribution in [-0.2, 0) is 16.1 Å². The fourth-order valence-corrected chi connectivity index (χ4v) is 4.26. The van der Waals surface area contributed by atoms with Crippen molar-refractivity contribution in [2.45, 2.75) is 103 Å². The second-order valence-corrected chi connectivity index (χ2v) is 10.4. The number of alkyl halides is 1. The molecule has 3 nitrogen and oxygen atoms in total. The molecule has 0 aliphatic rings. The Morgan fingerprint density at radius 2 is 1.58 bits per heavy atom. The number of aliphatic hydroxyl groups is 1. The minimum atomic E-state index is -0.347. The SMILES string of the molecule is CCCCCCCCCCC(CCCC(O)/C=C(/I)CI)OCOCc1ccccc1. The Balaban J connectivity index is 2.29. The van der Waals surface area contributed by atoms with E-state index in [0.29, 0.717) is 13.4 Å². The summed E-state index contributed by atoms with van der Waals surface area (Å²) in [7, 11) is 0. The van der Waals surface area contributed by atoms with Crippen molar-refractivity contribution in [3.63, 3.8) is 0 Å². The maximum Gasteiger partial charge on any atom is 0.147 e. The minimum Gasteiger partial charge on any atom is -0.389 e. The van der Waals surface area contributed by atoms with Gasteiger partial charge in [-0.05, 0) is 63.5 Å². The van der Waals surface area contributed by atoms with Crippen molar-refractivity contribution in [3.8, 4) is 0 Å². The number of aliphatic hydroxyl groups excluding tert-OH is 1. The molecule has 178 valence electrons. The molecule has 1 aromatic rings. The molecule has 1 rings (SSSR count). The van der Waals surface area contributed by atoms with Crippen molar-refractivity contribution < 1.29 is 14.6 Å². The summed E-state index contributed by atoms with van der Waals surface area (Å²) in [5.41, 5.74) is 1.17. The highest BCUT2D eigenvalue weighted by Crippen LogP contribution is 2.18. The molecule has 2 atom stereocenters. The quantitative estimate of drug-likeness (QED) is 0.0664. The van der Waals surface area contributed by atoms with Crippen LogP contribution in [0.1, 0.15) is 89.5 Å². The van der Waals surface area contributed by atoms with Gasteiger partial charge in [0.05, 0.1) is 18.8 Å². The van der Waals surface area contributed by atoms with Gasteiger partial charge < -0.3 is 14.6 Å². The molecule has 1 aromatic carbocycles. The molecule has 0 bridgehead atoms. The Hall–Kier alpha value is 0.300. The number of halogens is 2.